The van der Waals surface area contributed by atoms with Crippen molar-refractivity contribution < 1.29 is 9.53 Å². The Morgan fingerprint density at radius 1 is 1.17 bits per heavy atom. The molecule has 4 heterocycles. The highest BCUT2D eigenvalue weighted by Crippen LogP contribution is 2.46. The Bertz CT molecular complexity index is 1040. The molecule has 1 spiro atoms. The van der Waals surface area contributed by atoms with Crippen LogP contribution in [-0.2, 0) is 23.2 Å². The van der Waals surface area contributed by atoms with Crippen LogP contribution >= 0.6 is 11.3 Å². The minimum Gasteiger partial charge on any atom is -0.370 e. The monoisotopic (exact) mass is 419 g/mol. The Balaban J connectivity index is 1.35. The average molecular weight is 420 g/mol. The molecule has 6 heteroatoms. The molecule has 1 fully saturated rings. The minimum absolute atomic E-state index is 0.0128. The molecule has 1 aromatic carbocycles. The average Bonchev–Trinajstić information content (AvgIpc) is 3.26. The number of amides is 1. The summed E-state index contributed by atoms with van der Waals surface area (Å²) in [4.78, 5) is 26.1. The number of aryl methyl sites for hydroxylation is 1. The van der Waals surface area contributed by atoms with Gasteiger partial charge in [-0.25, -0.2) is 9.97 Å². The molecule has 0 saturated carbocycles. The third-order valence-electron chi connectivity index (χ3n) is 6.19. The van der Waals surface area contributed by atoms with E-state index in [1.807, 2.05) is 23.2 Å². The molecule has 30 heavy (non-hydrogen) atoms. The molecule has 3 aromatic rings. The van der Waals surface area contributed by atoms with Crippen LogP contribution in [0.3, 0.4) is 0 Å². The van der Waals surface area contributed by atoms with Gasteiger partial charge in [-0.3, -0.25) is 4.79 Å². The number of hydrogen-bond acceptors (Lipinski definition) is 5. The first-order chi connectivity index (χ1) is 14.7. The van der Waals surface area contributed by atoms with Gasteiger partial charge in [-0.1, -0.05) is 37.3 Å². The number of fused-ring (bicyclic) bond motifs is 2. The molecular formula is C24H25N3O2S. The van der Waals surface area contributed by atoms with Gasteiger partial charge in [-0.2, -0.15) is 0 Å². The first-order valence-corrected chi connectivity index (χ1v) is 11.4. The summed E-state index contributed by atoms with van der Waals surface area (Å²) in [6.45, 7) is 4.13. The molecule has 154 valence electrons. The second-order valence-corrected chi connectivity index (χ2v) is 9.08. The number of aromatic nitrogens is 2. The van der Waals surface area contributed by atoms with E-state index in [4.69, 9.17) is 4.74 Å². The van der Waals surface area contributed by atoms with Crippen LogP contribution in [0.2, 0.25) is 0 Å². The fraction of sp³-hybridized carbons (Fsp3) is 0.375. The lowest BCUT2D eigenvalue weighted by Gasteiger charge is -2.44. The summed E-state index contributed by atoms with van der Waals surface area (Å²) in [5.74, 6) is 0.776. The van der Waals surface area contributed by atoms with Gasteiger partial charge in [0.1, 0.15) is 5.82 Å². The number of piperidine rings is 1. The summed E-state index contributed by atoms with van der Waals surface area (Å²) in [5, 5.41) is 0. The standard InChI is InChI=1S/C24H25N3O2S/c1-2-22-25-15-18(16-26-22)23(28)27-11-9-24(10-12-27)19-14-21(17-6-4-3-5-7-17)30-20(19)8-13-29-24/h3-7,14-16H,2,8-13H2,1H3. The zero-order chi connectivity index (χ0) is 20.6. The van der Waals surface area contributed by atoms with E-state index in [1.54, 1.807) is 12.4 Å². The number of thiophene rings is 1. The number of rotatable bonds is 3. The van der Waals surface area contributed by atoms with E-state index in [9.17, 15) is 4.79 Å². The summed E-state index contributed by atoms with van der Waals surface area (Å²) in [6.07, 6.45) is 6.69. The van der Waals surface area contributed by atoms with E-state index in [0.29, 0.717) is 18.7 Å². The molecule has 0 unspecified atom stereocenters. The molecule has 2 aromatic heterocycles. The third-order valence-corrected chi connectivity index (χ3v) is 7.44. The maximum absolute atomic E-state index is 12.9. The van der Waals surface area contributed by atoms with Crippen LogP contribution in [0.1, 0.15) is 46.4 Å². The van der Waals surface area contributed by atoms with Crippen molar-refractivity contribution in [2.24, 2.45) is 0 Å². The zero-order valence-corrected chi connectivity index (χ0v) is 18.0. The highest BCUT2D eigenvalue weighted by molar-refractivity contribution is 7.15. The highest BCUT2D eigenvalue weighted by Gasteiger charge is 2.43. The maximum atomic E-state index is 12.9. The molecular weight excluding hydrogens is 394 g/mol. The van der Waals surface area contributed by atoms with E-state index < -0.39 is 0 Å². The lowest BCUT2D eigenvalue weighted by Crippen LogP contribution is -2.48. The van der Waals surface area contributed by atoms with Gasteiger partial charge >= 0.3 is 0 Å². The Hall–Kier alpha value is -2.57. The van der Waals surface area contributed by atoms with E-state index >= 15 is 0 Å². The lowest BCUT2D eigenvalue weighted by molar-refractivity contribution is -0.0926. The number of ether oxygens (including phenoxy) is 1. The van der Waals surface area contributed by atoms with E-state index in [-0.39, 0.29) is 11.5 Å². The van der Waals surface area contributed by atoms with Gasteiger partial charge in [-0.05, 0) is 30.0 Å². The van der Waals surface area contributed by atoms with Gasteiger partial charge in [0, 0.05) is 48.1 Å². The van der Waals surface area contributed by atoms with Crippen molar-refractivity contribution in [3.63, 3.8) is 0 Å². The second-order valence-electron chi connectivity index (χ2n) is 7.94. The molecule has 0 aliphatic carbocycles. The number of hydrogen-bond donors (Lipinski definition) is 0. The number of carbonyl (C=O) groups is 1. The largest absolute Gasteiger partial charge is 0.370 e. The topological polar surface area (TPSA) is 55.3 Å². The van der Waals surface area contributed by atoms with Crippen LogP contribution in [0.5, 0.6) is 0 Å². The van der Waals surface area contributed by atoms with Crippen molar-refractivity contribution in [3.05, 3.63) is 70.6 Å². The first kappa shape index (κ1) is 19.4. The van der Waals surface area contributed by atoms with E-state index in [2.05, 4.69) is 46.4 Å². The molecule has 5 rings (SSSR count). The quantitative estimate of drug-likeness (QED) is 0.628. The fourth-order valence-electron chi connectivity index (χ4n) is 4.48. The molecule has 0 atom stereocenters. The van der Waals surface area contributed by atoms with Crippen LogP contribution in [0.4, 0.5) is 0 Å². The Morgan fingerprint density at radius 2 is 1.90 bits per heavy atom. The maximum Gasteiger partial charge on any atom is 0.256 e. The lowest BCUT2D eigenvalue weighted by atomic mass is 9.82. The van der Waals surface area contributed by atoms with Gasteiger partial charge in [0.05, 0.1) is 17.8 Å². The highest BCUT2D eigenvalue weighted by atomic mass is 32.1. The van der Waals surface area contributed by atoms with Gasteiger partial charge < -0.3 is 9.64 Å². The molecule has 1 saturated heterocycles. The Kier molecular flexibility index (Phi) is 5.13. The van der Waals surface area contributed by atoms with Gasteiger partial charge in [0.2, 0.25) is 0 Å². The van der Waals surface area contributed by atoms with Crippen LogP contribution in [0, 0.1) is 0 Å². The van der Waals surface area contributed by atoms with Crippen LogP contribution in [0.15, 0.2) is 48.8 Å². The molecule has 5 nitrogen and oxygen atoms in total. The summed E-state index contributed by atoms with van der Waals surface area (Å²) in [6, 6.07) is 12.9. The summed E-state index contributed by atoms with van der Waals surface area (Å²) in [5.41, 5.74) is 2.89. The van der Waals surface area contributed by atoms with Crippen molar-refractivity contribution in [2.45, 2.75) is 38.2 Å². The normalized spacial score (nSPS) is 17.7. The fourth-order valence-corrected chi connectivity index (χ4v) is 5.71. The van der Waals surface area contributed by atoms with Crippen LogP contribution in [-0.4, -0.2) is 40.5 Å². The number of nitrogens with zero attached hydrogens (tertiary/aromatic N) is 3. The Morgan fingerprint density at radius 3 is 2.60 bits per heavy atom. The van der Waals surface area contributed by atoms with Crippen LogP contribution < -0.4 is 0 Å². The molecule has 0 radical (unpaired) electrons. The molecule has 2 aliphatic heterocycles. The van der Waals surface area contributed by atoms with Crippen LogP contribution in [0.25, 0.3) is 10.4 Å². The van der Waals surface area contributed by atoms with Crippen molar-refractivity contribution in [1.82, 2.24) is 14.9 Å². The minimum atomic E-state index is -0.267. The summed E-state index contributed by atoms with van der Waals surface area (Å²) in [7, 11) is 0. The number of benzene rings is 1. The molecule has 0 N–H and O–H groups in total. The van der Waals surface area contributed by atoms with Crippen molar-refractivity contribution in [1.29, 1.82) is 0 Å². The van der Waals surface area contributed by atoms with Crippen molar-refractivity contribution in [3.8, 4) is 10.4 Å². The molecule has 2 aliphatic rings. The predicted molar refractivity (Wildman–Crippen MR) is 118 cm³/mol. The zero-order valence-electron chi connectivity index (χ0n) is 17.1. The smallest absolute Gasteiger partial charge is 0.256 e. The third kappa shape index (κ3) is 3.44. The van der Waals surface area contributed by atoms with Gasteiger partial charge in [0.25, 0.3) is 5.91 Å². The van der Waals surface area contributed by atoms with Gasteiger partial charge in [0.15, 0.2) is 0 Å². The Labute approximate surface area is 180 Å². The van der Waals surface area contributed by atoms with Crippen molar-refractivity contribution >= 4 is 17.2 Å². The van der Waals surface area contributed by atoms with Crippen molar-refractivity contribution in [2.75, 3.05) is 19.7 Å². The summed E-state index contributed by atoms with van der Waals surface area (Å²) < 4.78 is 6.39. The number of likely N-dealkylation sites (tertiary alicyclic amines) is 1. The van der Waals surface area contributed by atoms with E-state index in [1.165, 1.54) is 20.9 Å². The number of carbonyl (C=O) groups excluding carboxylic acids is 1. The molecule has 0 bridgehead atoms. The van der Waals surface area contributed by atoms with E-state index in [0.717, 1.165) is 38.1 Å². The molecule has 1 amide bonds. The predicted octanol–water partition coefficient (Wildman–Crippen LogP) is 4.47. The SMILES string of the molecule is CCc1ncc(C(=O)N2CCC3(CC2)OCCc2sc(-c4ccccc4)cc23)cn1. The van der Waals surface area contributed by atoms with Gasteiger partial charge in [-0.15, -0.1) is 11.3 Å². The summed E-state index contributed by atoms with van der Waals surface area (Å²) >= 11 is 1.89. The second kappa shape index (κ2) is 7.93. The first-order valence-electron chi connectivity index (χ1n) is 10.6.